The maximum Gasteiger partial charge on any atom is 0.303 e. The van der Waals surface area contributed by atoms with Gasteiger partial charge in [0.1, 0.15) is 0 Å². The van der Waals surface area contributed by atoms with E-state index in [-0.39, 0.29) is 6.42 Å². The van der Waals surface area contributed by atoms with Crippen LogP contribution in [0.2, 0.25) is 10.0 Å². The van der Waals surface area contributed by atoms with Gasteiger partial charge < -0.3 is 5.11 Å². The van der Waals surface area contributed by atoms with Gasteiger partial charge in [0.05, 0.1) is 10.0 Å². The van der Waals surface area contributed by atoms with Crippen LogP contribution in [0.15, 0.2) is 24.3 Å². The quantitative estimate of drug-likeness (QED) is 0.847. The molecule has 0 saturated carbocycles. The van der Waals surface area contributed by atoms with E-state index in [1.165, 1.54) is 0 Å². The molecule has 0 aromatic heterocycles. The number of rotatable bonds is 5. The summed E-state index contributed by atoms with van der Waals surface area (Å²) in [5, 5.41) is 9.69. The van der Waals surface area contributed by atoms with Gasteiger partial charge in [-0.05, 0) is 36.1 Å². The van der Waals surface area contributed by atoms with Crippen molar-refractivity contribution in [1.82, 2.24) is 0 Å². The largest absolute Gasteiger partial charge is 0.481 e. The molecule has 0 aliphatic heterocycles. The maximum atomic E-state index is 10.6. The molecular weight excluding hydrogens is 259 g/mol. The molecule has 92 valence electrons. The minimum absolute atomic E-state index is 0.117. The number of carboxylic acids is 1. The highest BCUT2D eigenvalue weighted by molar-refractivity contribution is 6.42. The molecule has 1 N–H and O–H groups in total. The summed E-state index contributed by atoms with van der Waals surface area (Å²) in [7, 11) is 0. The summed E-state index contributed by atoms with van der Waals surface area (Å²) in [6, 6.07) is 5.36. The molecule has 1 aromatic carbocycles. The third-order valence-corrected chi connectivity index (χ3v) is 3.09. The van der Waals surface area contributed by atoms with Crippen molar-refractivity contribution in [2.45, 2.75) is 26.2 Å². The van der Waals surface area contributed by atoms with Gasteiger partial charge in [0.2, 0.25) is 0 Å². The first-order chi connectivity index (χ1) is 8.04. The second-order valence-electron chi connectivity index (χ2n) is 3.66. The lowest BCUT2D eigenvalue weighted by Crippen LogP contribution is -1.95. The van der Waals surface area contributed by atoms with E-state index in [2.05, 4.69) is 0 Å². The predicted octanol–water partition coefficient (Wildman–Crippen LogP) is 4.65. The first-order valence-electron chi connectivity index (χ1n) is 5.40. The highest BCUT2D eigenvalue weighted by Crippen LogP contribution is 2.28. The van der Waals surface area contributed by atoms with Crippen LogP contribution in [0.25, 0.3) is 5.57 Å². The number of carbonyl (C=O) groups is 1. The first-order valence-corrected chi connectivity index (χ1v) is 6.16. The standard InChI is InChI=1S/C13H14Cl2O2/c1-2-3-9(5-7-13(16)17)10-4-6-11(14)12(15)8-10/h3-4,6,8H,2,5,7H2,1H3,(H,16,17)/b9-3-. The summed E-state index contributed by atoms with van der Waals surface area (Å²) in [6.07, 6.45) is 3.49. The fourth-order valence-corrected chi connectivity index (χ4v) is 1.85. The van der Waals surface area contributed by atoms with E-state index in [9.17, 15) is 4.79 Å². The van der Waals surface area contributed by atoms with Crippen LogP contribution < -0.4 is 0 Å². The number of allylic oxidation sites excluding steroid dienone is 2. The van der Waals surface area contributed by atoms with Crippen molar-refractivity contribution in [2.24, 2.45) is 0 Å². The summed E-state index contributed by atoms with van der Waals surface area (Å²) in [4.78, 5) is 10.6. The lowest BCUT2D eigenvalue weighted by molar-refractivity contribution is -0.136. The van der Waals surface area contributed by atoms with Gasteiger partial charge in [-0.2, -0.15) is 0 Å². The van der Waals surface area contributed by atoms with Crippen LogP contribution in [0, 0.1) is 0 Å². The summed E-state index contributed by atoms with van der Waals surface area (Å²) >= 11 is 11.8. The minimum atomic E-state index is -0.799. The summed E-state index contributed by atoms with van der Waals surface area (Å²) in [5.41, 5.74) is 1.93. The normalized spacial score (nSPS) is 11.6. The molecule has 0 bridgehead atoms. The van der Waals surface area contributed by atoms with Crippen LogP contribution in [0.4, 0.5) is 0 Å². The average molecular weight is 273 g/mol. The molecule has 17 heavy (non-hydrogen) atoms. The molecule has 0 aliphatic rings. The average Bonchev–Trinajstić information content (AvgIpc) is 2.28. The van der Waals surface area contributed by atoms with Crippen molar-refractivity contribution in [3.05, 3.63) is 39.9 Å². The van der Waals surface area contributed by atoms with Crippen molar-refractivity contribution in [1.29, 1.82) is 0 Å². The van der Waals surface area contributed by atoms with Crippen LogP contribution in [0.1, 0.15) is 31.7 Å². The van der Waals surface area contributed by atoms with Crippen molar-refractivity contribution in [3.63, 3.8) is 0 Å². The predicted molar refractivity (Wildman–Crippen MR) is 71.6 cm³/mol. The van der Waals surface area contributed by atoms with Gasteiger partial charge in [0, 0.05) is 6.42 Å². The van der Waals surface area contributed by atoms with Crippen molar-refractivity contribution in [3.8, 4) is 0 Å². The van der Waals surface area contributed by atoms with Crippen LogP contribution in [0.3, 0.4) is 0 Å². The Morgan fingerprint density at radius 1 is 1.29 bits per heavy atom. The number of carboxylic acid groups (broad SMARTS) is 1. The number of hydrogen-bond acceptors (Lipinski definition) is 1. The number of aliphatic carboxylic acids is 1. The molecule has 0 fully saturated rings. The van der Waals surface area contributed by atoms with Gasteiger partial charge in [-0.3, -0.25) is 4.79 Å². The molecule has 1 rings (SSSR count). The van der Waals surface area contributed by atoms with Gasteiger partial charge in [0.25, 0.3) is 0 Å². The fraction of sp³-hybridized carbons (Fsp3) is 0.308. The molecule has 0 heterocycles. The molecule has 0 radical (unpaired) electrons. The Bertz CT molecular complexity index is 439. The highest BCUT2D eigenvalue weighted by atomic mass is 35.5. The van der Waals surface area contributed by atoms with E-state index >= 15 is 0 Å². The Kier molecular flexibility index (Phi) is 5.52. The smallest absolute Gasteiger partial charge is 0.303 e. The van der Waals surface area contributed by atoms with Gasteiger partial charge in [-0.25, -0.2) is 0 Å². The Morgan fingerprint density at radius 3 is 2.53 bits per heavy atom. The molecule has 2 nitrogen and oxygen atoms in total. The monoisotopic (exact) mass is 272 g/mol. The van der Waals surface area contributed by atoms with Crippen LogP contribution in [0.5, 0.6) is 0 Å². The Labute approximate surface area is 111 Å². The summed E-state index contributed by atoms with van der Waals surface area (Å²) in [6.45, 7) is 2.01. The van der Waals surface area contributed by atoms with Gasteiger partial charge in [0.15, 0.2) is 0 Å². The van der Waals surface area contributed by atoms with Crippen LogP contribution in [-0.4, -0.2) is 11.1 Å². The lowest BCUT2D eigenvalue weighted by atomic mass is 10.00. The third-order valence-electron chi connectivity index (χ3n) is 2.35. The molecule has 4 heteroatoms. The topological polar surface area (TPSA) is 37.3 Å². The molecule has 0 unspecified atom stereocenters. The van der Waals surface area contributed by atoms with Crippen molar-refractivity contribution in [2.75, 3.05) is 0 Å². The third kappa shape index (κ3) is 4.41. The Balaban J connectivity index is 2.93. The maximum absolute atomic E-state index is 10.6. The number of benzene rings is 1. The number of hydrogen-bond donors (Lipinski definition) is 1. The van der Waals surface area contributed by atoms with Crippen molar-refractivity contribution < 1.29 is 9.90 Å². The molecule has 0 atom stereocenters. The van der Waals surface area contributed by atoms with E-state index in [0.29, 0.717) is 16.5 Å². The van der Waals surface area contributed by atoms with E-state index in [4.69, 9.17) is 28.3 Å². The van der Waals surface area contributed by atoms with E-state index in [1.807, 2.05) is 19.1 Å². The molecule has 0 aliphatic carbocycles. The fourth-order valence-electron chi connectivity index (χ4n) is 1.55. The van der Waals surface area contributed by atoms with E-state index in [0.717, 1.165) is 17.6 Å². The Morgan fingerprint density at radius 2 is 2.00 bits per heavy atom. The van der Waals surface area contributed by atoms with E-state index < -0.39 is 5.97 Å². The lowest BCUT2D eigenvalue weighted by Gasteiger charge is -2.07. The van der Waals surface area contributed by atoms with Crippen LogP contribution in [-0.2, 0) is 4.79 Å². The molecule has 1 aromatic rings. The Hall–Kier alpha value is -0.990. The minimum Gasteiger partial charge on any atom is -0.481 e. The summed E-state index contributed by atoms with van der Waals surface area (Å²) in [5.74, 6) is -0.799. The molecular formula is C13H14Cl2O2. The van der Waals surface area contributed by atoms with Gasteiger partial charge in [-0.15, -0.1) is 0 Å². The molecule has 0 spiro atoms. The highest BCUT2D eigenvalue weighted by Gasteiger charge is 2.06. The molecule has 0 saturated heterocycles. The number of halogens is 2. The SMILES string of the molecule is CC/C=C(/CCC(=O)O)c1ccc(Cl)c(Cl)c1. The van der Waals surface area contributed by atoms with Gasteiger partial charge >= 0.3 is 5.97 Å². The van der Waals surface area contributed by atoms with Crippen LogP contribution >= 0.6 is 23.2 Å². The summed E-state index contributed by atoms with van der Waals surface area (Å²) < 4.78 is 0. The first kappa shape index (κ1) is 14.1. The zero-order valence-corrected chi connectivity index (χ0v) is 11.1. The second kappa shape index (κ2) is 6.67. The zero-order chi connectivity index (χ0) is 12.8. The van der Waals surface area contributed by atoms with Gasteiger partial charge in [-0.1, -0.05) is 42.3 Å². The molecule has 0 amide bonds. The van der Waals surface area contributed by atoms with Crippen molar-refractivity contribution >= 4 is 34.7 Å². The zero-order valence-electron chi connectivity index (χ0n) is 9.54. The second-order valence-corrected chi connectivity index (χ2v) is 4.47. The van der Waals surface area contributed by atoms with E-state index in [1.54, 1.807) is 12.1 Å².